The van der Waals surface area contributed by atoms with Gasteiger partial charge in [-0.05, 0) is 48.6 Å². The van der Waals surface area contributed by atoms with Crippen LogP contribution < -0.4 is 5.32 Å². The van der Waals surface area contributed by atoms with Gasteiger partial charge in [0.1, 0.15) is 6.54 Å². The number of aromatic nitrogens is 4. The van der Waals surface area contributed by atoms with Gasteiger partial charge in [0.25, 0.3) is 0 Å². The van der Waals surface area contributed by atoms with E-state index in [1.54, 1.807) is 41.2 Å². The van der Waals surface area contributed by atoms with Gasteiger partial charge in [-0.25, -0.2) is 0 Å². The largest absolute Gasteiger partial charge is 0.324 e. The number of nitrogens with one attached hydrogen (secondary N) is 2. The summed E-state index contributed by atoms with van der Waals surface area (Å²) in [5.74, 6) is 0.375. The molecule has 0 saturated heterocycles. The van der Waals surface area contributed by atoms with Crippen LogP contribution in [0.3, 0.4) is 0 Å². The first-order valence-electron chi connectivity index (χ1n) is 6.74. The summed E-state index contributed by atoms with van der Waals surface area (Å²) in [4.78, 5) is 16.1. The van der Waals surface area contributed by atoms with E-state index in [1.807, 2.05) is 12.1 Å². The third-order valence-electron chi connectivity index (χ3n) is 3.13. The summed E-state index contributed by atoms with van der Waals surface area (Å²) in [5.41, 5.74) is 1.49. The Bertz CT molecular complexity index is 873. The monoisotopic (exact) mass is 345 g/mol. The van der Waals surface area contributed by atoms with Gasteiger partial charge in [0.15, 0.2) is 10.6 Å². The van der Waals surface area contributed by atoms with Crippen molar-refractivity contribution in [2.45, 2.75) is 6.54 Å². The second kappa shape index (κ2) is 6.72. The molecule has 1 aromatic carbocycles. The number of rotatable bonds is 4. The van der Waals surface area contributed by atoms with Crippen LogP contribution >= 0.6 is 23.8 Å². The lowest BCUT2D eigenvalue weighted by Gasteiger charge is -2.08. The number of benzene rings is 1. The lowest BCUT2D eigenvalue weighted by molar-refractivity contribution is -0.116. The Labute approximate surface area is 142 Å². The minimum absolute atomic E-state index is 0.0512. The highest BCUT2D eigenvalue weighted by Crippen LogP contribution is 2.20. The van der Waals surface area contributed by atoms with Crippen molar-refractivity contribution < 1.29 is 4.79 Å². The Hall–Kier alpha value is -2.51. The molecule has 0 aliphatic rings. The number of carbonyl (C=O) groups is 1. The predicted molar refractivity (Wildman–Crippen MR) is 90.7 cm³/mol. The Morgan fingerprint density at radius 2 is 1.91 bits per heavy atom. The Morgan fingerprint density at radius 3 is 2.61 bits per heavy atom. The number of nitrogens with zero attached hydrogens (tertiary/aromatic N) is 3. The van der Waals surface area contributed by atoms with E-state index in [9.17, 15) is 4.79 Å². The summed E-state index contributed by atoms with van der Waals surface area (Å²) in [7, 11) is 0. The van der Waals surface area contributed by atoms with E-state index in [1.165, 1.54) is 0 Å². The van der Waals surface area contributed by atoms with Crippen LogP contribution in [0.25, 0.3) is 11.4 Å². The second-order valence-electron chi connectivity index (χ2n) is 4.73. The molecule has 0 unspecified atom stereocenters. The molecule has 0 fully saturated rings. The van der Waals surface area contributed by atoms with Gasteiger partial charge in [-0.3, -0.25) is 19.4 Å². The first-order chi connectivity index (χ1) is 11.1. The van der Waals surface area contributed by atoms with Crippen molar-refractivity contribution in [3.63, 3.8) is 0 Å². The fraction of sp³-hybridized carbons (Fsp3) is 0.0667. The average Bonchev–Trinajstić information content (AvgIpc) is 2.90. The maximum absolute atomic E-state index is 12.2. The summed E-state index contributed by atoms with van der Waals surface area (Å²) in [5, 5.41) is 10.3. The van der Waals surface area contributed by atoms with Crippen LogP contribution in [0.1, 0.15) is 0 Å². The third kappa shape index (κ3) is 3.64. The molecule has 0 spiro atoms. The summed E-state index contributed by atoms with van der Waals surface area (Å²) in [6.07, 6.45) is 3.22. The number of anilines is 1. The van der Waals surface area contributed by atoms with E-state index in [-0.39, 0.29) is 12.5 Å². The molecule has 0 aliphatic carbocycles. The van der Waals surface area contributed by atoms with Gasteiger partial charge in [-0.15, -0.1) is 0 Å². The highest BCUT2D eigenvalue weighted by Gasteiger charge is 2.12. The molecular formula is C15H12ClN5OS. The summed E-state index contributed by atoms with van der Waals surface area (Å²) >= 11 is 11.1. The quantitative estimate of drug-likeness (QED) is 0.711. The summed E-state index contributed by atoms with van der Waals surface area (Å²) in [6, 6.07) is 10.6. The molecule has 6 nitrogen and oxygen atoms in total. The molecule has 2 aromatic heterocycles. The molecular weight excluding hydrogens is 334 g/mol. The minimum atomic E-state index is -0.205. The zero-order valence-corrected chi connectivity index (χ0v) is 13.4. The summed E-state index contributed by atoms with van der Waals surface area (Å²) < 4.78 is 2.01. The fourth-order valence-corrected chi connectivity index (χ4v) is 2.39. The van der Waals surface area contributed by atoms with Crippen LogP contribution in [0.2, 0.25) is 5.02 Å². The zero-order valence-electron chi connectivity index (χ0n) is 11.9. The van der Waals surface area contributed by atoms with Crippen molar-refractivity contribution in [1.82, 2.24) is 19.7 Å². The van der Waals surface area contributed by atoms with Crippen molar-refractivity contribution >= 4 is 35.4 Å². The van der Waals surface area contributed by atoms with Crippen molar-refractivity contribution in [2.75, 3.05) is 5.32 Å². The van der Waals surface area contributed by atoms with Crippen molar-refractivity contribution in [1.29, 1.82) is 0 Å². The van der Waals surface area contributed by atoms with Gasteiger partial charge < -0.3 is 5.32 Å². The molecule has 0 atom stereocenters. The number of aromatic amines is 1. The number of amides is 1. The standard InChI is InChI=1S/C15H12ClN5OS/c16-11-3-1-10(2-4-11)14-19-20-15(23)21(14)9-13(22)18-12-5-7-17-8-6-12/h1-8H,9H2,(H,20,23)(H,17,18,22). The van der Waals surface area contributed by atoms with Crippen LogP contribution in [0, 0.1) is 4.77 Å². The lowest BCUT2D eigenvalue weighted by atomic mass is 10.2. The van der Waals surface area contributed by atoms with Gasteiger partial charge in [0, 0.05) is 28.7 Å². The molecule has 1 amide bonds. The topological polar surface area (TPSA) is 75.6 Å². The van der Waals surface area contributed by atoms with E-state index >= 15 is 0 Å². The highest BCUT2D eigenvalue weighted by atomic mass is 35.5. The number of carbonyl (C=O) groups excluding carboxylic acids is 1. The van der Waals surface area contributed by atoms with E-state index in [2.05, 4.69) is 20.5 Å². The fourth-order valence-electron chi connectivity index (χ4n) is 2.06. The normalized spacial score (nSPS) is 10.5. The van der Waals surface area contributed by atoms with Crippen molar-refractivity contribution in [2.24, 2.45) is 0 Å². The maximum Gasteiger partial charge on any atom is 0.244 e. The molecule has 23 heavy (non-hydrogen) atoms. The maximum atomic E-state index is 12.2. The molecule has 0 saturated carbocycles. The van der Waals surface area contributed by atoms with E-state index in [4.69, 9.17) is 23.8 Å². The Morgan fingerprint density at radius 1 is 1.22 bits per heavy atom. The van der Waals surface area contributed by atoms with Crippen LogP contribution in [0.5, 0.6) is 0 Å². The first kappa shape index (κ1) is 15.4. The van der Waals surface area contributed by atoms with E-state index in [0.29, 0.717) is 21.3 Å². The third-order valence-corrected chi connectivity index (χ3v) is 3.69. The molecule has 116 valence electrons. The van der Waals surface area contributed by atoms with Gasteiger partial charge in [-0.2, -0.15) is 5.10 Å². The second-order valence-corrected chi connectivity index (χ2v) is 5.55. The van der Waals surface area contributed by atoms with E-state index in [0.717, 1.165) is 5.56 Å². The lowest BCUT2D eigenvalue weighted by Crippen LogP contribution is -2.19. The number of halogens is 1. The van der Waals surface area contributed by atoms with Gasteiger partial charge in [0.2, 0.25) is 5.91 Å². The van der Waals surface area contributed by atoms with Crippen LogP contribution in [0.4, 0.5) is 5.69 Å². The predicted octanol–water partition coefficient (Wildman–Crippen LogP) is 3.29. The average molecular weight is 346 g/mol. The van der Waals surface area contributed by atoms with Crippen LogP contribution in [0.15, 0.2) is 48.8 Å². The molecule has 0 bridgehead atoms. The SMILES string of the molecule is O=C(Cn1c(-c2ccc(Cl)cc2)n[nH]c1=S)Nc1ccncc1. The van der Waals surface area contributed by atoms with Gasteiger partial charge >= 0.3 is 0 Å². The molecule has 0 radical (unpaired) electrons. The highest BCUT2D eigenvalue weighted by molar-refractivity contribution is 7.71. The van der Waals surface area contributed by atoms with Crippen LogP contribution in [-0.2, 0) is 11.3 Å². The smallest absolute Gasteiger partial charge is 0.244 e. The number of H-pyrrole nitrogens is 1. The number of hydrogen-bond donors (Lipinski definition) is 2. The summed E-state index contributed by atoms with van der Waals surface area (Å²) in [6.45, 7) is 0.0512. The molecule has 8 heteroatoms. The van der Waals surface area contributed by atoms with Crippen molar-refractivity contribution in [3.8, 4) is 11.4 Å². The molecule has 3 rings (SSSR count). The molecule has 0 aliphatic heterocycles. The molecule has 3 aromatic rings. The minimum Gasteiger partial charge on any atom is -0.324 e. The van der Waals surface area contributed by atoms with Gasteiger partial charge in [0.05, 0.1) is 0 Å². The Kier molecular flexibility index (Phi) is 4.50. The van der Waals surface area contributed by atoms with Crippen molar-refractivity contribution in [3.05, 3.63) is 58.6 Å². The number of hydrogen-bond acceptors (Lipinski definition) is 4. The van der Waals surface area contributed by atoms with E-state index < -0.39 is 0 Å². The first-order valence-corrected chi connectivity index (χ1v) is 7.53. The van der Waals surface area contributed by atoms with Gasteiger partial charge in [-0.1, -0.05) is 11.6 Å². The van der Waals surface area contributed by atoms with Crippen LogP contribution in [-0.4, -0.2) is 25.7 Å². The zero-order chi connectivity index (χ0) is 16.2. The number of pyridine rings is 1. The Balaban J connectivity index is 1.83. The molecule has 2 N–H and O–H groups in total. The molecule has 2 heterocycles.